The molecule has 0 N–H and O–H groups in total. The Morgan fingerprint density at radius 1 is 1.30 bits per heavy atom. The zero-order chi connectivity index (χ0) is 16.9. The van der Waals surface area contributed by atoms with Crippen molar-refractivity contribution in [2.75, 3.05) is 38.6 Å². The van der Waals surface area contributed by atoms with Crippen LogP contribution in [-0.4, -0.2) is 56.8 Å². The van der Waals surface area contributed by atoms with Crippen LogP contribution in [0.15, 0.2) is 30.3 Å². The van der Waals surface area contributed by atoms with Crippen molar-refractivity contribution in [3.05, 3.63) is 30.3 Å². The van der Waals surface area contributed by atoms with E-state index < -0.39 is 10.2 Å². The normalized spacial score (nSPS) is 19.1. The summed E-state index contributed by atoms with van der Waals surface area (Å²) >= 11 is 0. The first-order valence-electron chi connectivity index (χ1n) is 7.83. The standard InChI is InChI=1S/C16H24N4O2S/c1-18(12-7-11-17)23(21,22)19(2)16-10-6-13-20(14-16)15-8-4-3-5-9-15/h3-5,8-9,16H,6-7,10,12-14H2,1-2H3. The van der Waals surface area contributed by atoms with Crippen LogP contribution in [0.2, 0.25) is 0 Å². The number of piperidine rings is 1. The molecule has 1 atom stereocenters. The van der Waals surface area contributed by atoms with Gasteiger partial charge in [0, 0.05) is 51.9 Å². The van der Waals surface area contributed by atoms with Crippen molar-refractivity contribution in [3.63, 3.8) is 0 Å². The molecule has 126 valence electrons. The maximum atomic E-state index is 12.6. The van der Waals surface area contributed by atoms with Crippen molar-refractivity contribution in [3.8, 4) is 6.07 Å². The molecule has 1 aromatic rings. The number of hydrogen-bond acceptors (Lipinski definition) is 4. The molecule has 0 amide bonds. The van der Waals surface area contributed by atoms with Crippen molar-refractivity contribution < 1.29 is 8.42 Å². The molecule has 1 saturated heterocycles. The number of nitrogens with zero attached hydrogens (tertiary/aromatic N) is 4. The zero-order valence-electron chi connectivity index (χ0n) is 13.7. The summed E-state index contributed by atoms with van der Waals surface area (Å²) in [5, 5.41) is 8.64. The molecule has 0 aliphatic carbocycles. The minimum absolute atomic E-state index is 0.0570. The second-order valence-electron chi connectivity index (χ2n) is 5.83. The summed E-state index contributed by atoms with van der Waals surface area (Å²) in [5.74, 6) is 0. The lowest BCUT2D eigenvalue weighted by molar-refractivity contribution is 0.298. The molecule has 23 heavy (non-hydrogen) atoms. The van der Waals surface area contributed by atoms with Gasteiger partial charge in [-0.2, -0.15) is 22.3 Å². The number of hydrogen-bond donors (Lipinski definition) is 0. The monoisotopic (exact) mass is 336 g/mol. The highest BCUT2D eigenvalue weighted by atomic mass is 32.2. The first-order valence-corrected chi connectivity index (χ1v) is 9.22. The molecule has 7 heteroatoms. The molecule has 0 saturated carbocycles. The summed E-state index contributed by atoms with van der Waals surface area (Å²) in [6, 6.07) is 12.0. The second-order valence-corrected chi connectivity index (χ2v) is 7.93. The summed E-state index contributed by atoms with van der Waals surface area (Å²) in [5.41, 5.74) is 1.13. The van der Waals surface area contributed by atoms with E-state index in [0.717, 1.165) is 25.1 Å². The summed E-state index contributed by atoms with van der Waals surface area (Å²) < 4.78 is 27.9. The fourth-order valence-corrected chi connectivity index (χ4v) is 4.17. The summed E-state index contributed by atoms with van der Waals surface area (Å²) in [4.78, 5) is 2.23. The highest BCUT2D eigenvalue weighted by Crippen LogP contribution is 2.23. The smallest absolute Gasteiger partial charge is 0.281 e. The Bertz CT molecular complexity index is 642. The largest absolute Gasteiger partial charge is 0.370 e. The Balaban J connectivity index is 2.07. The molecular formula is C16H24N4O2S. The maximum absolute atomic E-state index is 12.6. The molecule has 0 radical (unpaired) electrons. The SMILES string of the molecule is CN(CCC#N)S(=O)(=O)N(C)C1CCCN(c2ccccc2)C1. The van der Waals surface area contributed by atoms with E-state index in [2.05, 4.69) is 17.0 Å². The first kappa shape index (κ1) is 17.7. The Hall–Kier alpha value is -1.62. The highest BCUT2D eigenvalue weighted by molar-refractivity contribution is 7.86. The average molecular weight is 336 g/mol. The van der Waals surface area contributed by atoms with E-state index in [4.69, 9.17) is 5.26 Å². The number of benzene rings is 1. The third kappa shape index (κ3) is 4.22. The van der Waals surface area contributed by atoms with E-state index in [-0.39, 0.29) is 19.0 Å². The Labute approximate surface area is 139 Å². The van der Waals surface area contributed by atoms with E-state index in [1.54, 1.807) is 7.05 Å². The van der Waals surface area contributed by atoms with Crippen molar-refractivity contribution >= 4 is 15.9 Å². The Kier molecular flexibility index (Phi) is 5.99. The number of para-hydroxylation sites is 1. The van der Waals surface area contributed by atoms with E-state index in [1.807, 2.05) is 24.3 Å². The molecule has 2 rings (SSSR count). The molecule has 1 aromatic carbocycles. The summed E-state index contributed by atoms with van der Waals surface area (Å²) in [6.07, 6.45) is 2.01. The molecular weight excluding hydrogens is 312 g/mol. The van der Waals surface area contributed by atoms with Gasteiger partial charge in [-0.1, -0.05) is 18.2 Å². The van der Waals surface area contributed by atoms with E-state index >= 15 is 0 Å². The quantitative estimate of drug-likeness (QED) is 0.792. The Morgan fingerprint density at radius 2 is 2.00 bits per heavy atom. The maximum Gasteiger partial charge on any atom is 0.281 e. The molecule has 1 fully saturated rings. The minimum Gasteiger partial charge on any atom is -0.370 e. The molecule has 1 heterocycles. The molecule has 0 bridgehead atoms. The number of nitriles is 1. The summed E-state index contributed by atoms with van der Waals surface area (Å²) in [6.45, 7) is 1.85. The first-order chi connectivity index (χ1) is 11.0. The molecule has 1 aliphatic rings. The molecule has 0 spiro atoms. The van der Waals surface area contributed by atoms with Gasteiger partial charge in [-0.05, 0) is 25.0 Å². The highest BCUT2D eigenvalue weighted by Gasteiger charge is 2.32. The van der Waals surface area contributed by atoms with Gasteiger partial charge in [0.1, 0.15) is 0 Å². The average Bonchev–Trinajstić information content (AvgIpc) is 2.59. The number of likely N-dealkylation sites (N-methyl/N-ethyl adjacent to an activating group) is 1. The van der Waals surface area contributed by atoms with Gasteiger partial charge in [0.2, 0.25) is 0 Å². The fourth-order valence-electron chi connectivity index (χ4n) is 2.86. The number of anilines is 1. The predicted octanol–water partition coefficient (Wildman–Crippen LogP) is 1.68. The molecule has 1 unspecified atom stereocenters. The van der Waals surface area contributed by atoms with Gasteiger partial charge in [0.05, 0.1) is 6.07 Å². The van der Waals surface area contributed by atoms with Crippen molar-refractivity contribution in [2.24, 2.45) is 0 Å². The van der Waals surface area contributed by atoms with Gasteiger partial charge in [0.25, 0.3) is 10.2 Å². The van der Waals surface area contributed by atoms with Crippen LogP contribution in [-0.2, 0) is 10.2 Å². The predicted molar refractivity (Wildman–Crippen MR) is 91.2 cm³/mol. The van der Waals surface area contributed by atoms with Crippen LogP contribution in [0.1, 0.15) is 19.3 Å². The van der Waals surface area contributed by atoms with Gasteiger partial charge in [0.15, 0.2) is 0 Å². The fraction of sp³-hybridized carbons (Fsp3) is 0.562. The van der Waals surface area contributed by atoms with Crippen LogP contribution in [0, 0.1) is 11.3 Å². The van der Waals surface area contributed by atoms with Crippen molar-refractivity contribution in [1.29, 1.82) is 5.26 Å². The molecule has 1 aliphatic heterocycles. The topological polar surface area (TPSA) is 67.6 Å². The summed E-state index contributed by atoms with van der Waals surface area (Å²) in [7, 11) is -0.363. The van der Waals surface area contributed by atoms with Crippen molar-refractivity contribution in [1.82, 2.24) is 8.61 Å². The zero-order valence-corrected chi connectivity index (χ0v) is 14.5. The van der Waals surface area contributed by atoms with Crippen LogP contribution >= 0.6 is 0 Å². The van der Waals surface area contributed by atoms with Gasteiger partial charge >= 0.3 is 0 Å². The van der Waals surface area contributed by atoms with Crippen molar-refractivity contribution in [2.45, 2.75) is 25.3 Å². The third-order valence-electron chi connectivity index (χ3n) is 4.33. The van der Waals surface area contributed by atoms with E-state index in [9.17, 15) is 8.42 Å². The lowest BCUT2D eigenvalue weighted by Gasteiger charge is -2.39. The lowest BCUT2D eigenvalue weighted by Crippen LogP contribution is -2.52. The minimum atomic E-state index is -3.53. The van der Waals surface area contributed by atoms with Gasteiger partial charge in [-0.25, -0.2) is 0 Å². The van der Waals surface area contributed by atoms with Crippen LogP contribution in [0.3, 0.4) is 0 Å². The van der Waals surface area contributed by atoms with Crippen LogP contribution < -0.4 is 4.90 Å². The van der Waals surface area contributed by atoms with Gasteiger partial charge < -0.3 is 4.90 Å². The van der Waals surface area contributed by atoms with Crippen LogP contribution in [0.5, 0.6) is 0 Å². The number of rotatable bonds is 6. The van der Waals surface area contributed by atoms with E-state index in [0.29, 0.717) is 6.54 Å². The van der Waals surface area contributed by atoms with E-state index in [1.165, 1.54) is 15.7 Å². The van der Waals surface area contributed by atoms with Crippen LogP contribution in [0.25, 0.3) is 0 Å². The van der Waals surface area contributed by atoms with Gasteiger partial charge in [-0.15, -0.1) is 0 Å². The Morgan fingerprint density at radius 3 is 2.65 bits per heavy atom. The lowest BCUT2D eigenvalue weighted by atomic mass is 10.1. The molecule has 0 aromatic heterocycles. The second kappa shape index (κ2) is 7.77. The van der Waals surface area contributed by atoms with Crippen LogP contribution in [0.4, 0.5) is 5.69 Å². The third-order valence-corrected chi connectivity index (χ3v) is 6.32. The van der Waals surface area contributed by atoms with Gasteiger partial charge in [-0.3, -0.25) is 0 Å². The molecule has 6 nitrogen and oxygen atoms in total.